The SMILES string of the molecule is CC(Nc1cccc(F)c1)c1ncc(Br)s1. The number of hydrogen-bond donors (Lipinski definition) is 1. The van der Waals surface area contributed by atoms with E-state index in [-0.39, 0.29) is 11.9 Å². The Kier molecular flexibility index (Phi) is 3.56. The second kappa shape index (κ2) is 4.93. The zero-order chi connectivity index (χ0) is 11.5. The van der Waals surface area contributed by atoms with E-state index in [9.17, 15) is 4.39 Å². The van der Waals surface area contributed by atoms with Gasteiger partial charge in [-0.3, -0.25) is 0 Å². The molecule has 0 saturated carbocycles. The van der Waals surface area contributed by atoms with Gasteiger partial charge in [0.25, 0.3) is 0 Å². The number of aromatic nitrogens is 1. The summed E-state index contributed by atoms with van der Waals surface area (Å²) in [5, 5.41) is 4.17. The van der Waals surface area contributed by atoms with E-state index in [1.165, 1.54) is 12.1 Å². The Morgan fingerprint density at radius 1 is 1.50 bits per heavy atom. The molecule has 0 aliphatic heterocycles. The van der Waals surface area contributed by atoms with Gasteiger partial charge in [-0.1, -0.05) is 6.07 Å². The number of nitrogens with one attached hydrogen (secondary N) is 1. The fourth-order valence-corrected chi connectivity index (χ4v) is 2.60. The molecule has 0 aliphatic rings. The number of rotatable bonds is 3. The van der Waals surface area contributed by atoms with Crippen molar-refractivity contribution in [3.63, 3.8) is 0 Å². The fraction of sp³-hybridized carbons (Fsp3) is 0.182. The average molecular weight is 301 g/mol. The lowest BCUT2D eigenvalue weighted by molar-refractivity contribution is 0.628. The molecule has 5 heteroatoms. The van der Waals surface area contributed by atoms with Gasteiger partial charge in [0.2, 0.25) is 0 Å². The molecule has 1 aromatic heterocycles. The predicted octanol–water partition coefficient (Wildman–Crippen LogP) is 4.22. The minimum atomic E-state index is -0.238. The molecule has 0 bridgehead atoms. The van der Waals surface area contributed by atoms with Crippen molar-refractivity contribution in [1.29, 1.82) is 0 Å². The third kappa shape index (κ3) is 2.80. The van der Waals surface area contributed by atoms with Gasteiger partial charge >= 0.3 is 0 Å². The first-order valence-corrected chi connectivity index (χ1v) is 6.39. The van der Waals surface area contributed by atoms with Gasteiger partial charge in [-0.15, -0.1) is 11.3 Å². The summed E-state index contributed by atoms with van der Waals surface area (Å²) in [6, 6.07) is 6.48. The highest BCUT2D eigenvalue weighted by Gasteiger charge is 2.09. The Bertz CT molecular complexity index is 486. The standard InChI is InChI=1S/C11H10BrFN2S/c1-7(11-14-6-10(12)16-11)15-9-4-2-3-8(13)5-9/h2-7,15H,1H3. The molecule has 0 radical (unpaired) electrons. The molecule has 84 valence electrons. The molecule has 1 aromatic carbocycles. The van der Waals surface area contributed by atoms with E-state index in [4.69, 9.17) is 0 Å². The van der Waals surface area contributed by atoms with E-state index in [1.807, 2.05) is 13.0 Å². The highest BCUT2D eigenvalue weighted by Crippen LogP contribution is 2.26. The van der Waals surface area contributed by atoms with E-state index in [1.54, 1.807) is 23.6 Å². The summed E-state index contributed by atoms with van der Waals surface area (Å²) in [5.41, 5.74) is 0.763. The van der Waals surface area contributed by atoms with Crippen LogP contribution in [0, 0.1) is 5.82 Å². The van der Waals surface area contributed by atoms with E-state index in [0.717, 1.165) is 14.5 Å². The van der Waals surface area contributed by atoms with Crippen LogP contribution in [-0.4, -0.2) is 4.98 Å². The number of anilines is 1. The van der Waals surface area contributed by atoms with Crippen LogP contribution in [0.25, 0.3) is 0 Å². The van der Waals surface area contributed by atoms with Crippen molar-refractivity contribution in [2.75, 3.05) is 5.32 Å². The van der Waals surface area contributed by atoms with E-state index >= 15 is 0 Å². The van der Waals surface area contributed by atoms with Crippen LogP contribution in [0.15, 0.2) is 34.2 Å². The van der Waals surface area contributed by atoms with Crippen LogP contribution in [0.5, 0.6) is 0 Å². The highest BCUT2D eigenvalue weighted by molar-refractivity contribution is 9.11. The molecule has 2 aromatic rings. The van der Waals surface area contributed by atoms with Crippen LogP contribution in [0.4, 0.5) is 10.1 Å². The van der Waals surface area contributed by atoms with Crippen LogP contribution in [0.1, 0.15) is 18.0 Å². The molecule has 1 unspecified atom stereocenters. The smallest absolute Gasteiger partial charge is 0.125 e. The second-order valence-corrected chi connectivity index (χ2v) is 5.82. The summed E-state index contributed by atoms with van der Waals surface area (Å²) in [5.74, 6) is -0.238. The number of halogens is 2. The molecule has 0 aliphatic carbocycles. The molecular weight excluding hydrogens is 291 g/mol. The van der Waals surface area contributed by atoms with Crippen molar-refractivity contribution in [2.45, 2.75) is 13.0 Å². The molecular formula is C11H10BrFN2S. The van der Waals surface area contributed by atoms with Crippen LogP contribution < -0.4 is 5.32 Å². The number of benzene rings is 1. The molecule has 2 nitrogen and oxygen atoms in total. The molecule has 2 rings (SSSR count). The molecule has 1 atom stereocenters. The number of nitrogens with zero attached hydrogens (tertiary/aromatic N) is 1. The van der Waals surface area contributed by atoms with Crippen molar-refractivity contribution < 1.29 is 4.39 Å². The second-order valence-electron chi connectivity index (χ2n) is 3.38. The molecule has 1 N–H and O–H groups in total. The van der Waals surface area contributed by atoms with Gasteiger partial charge in [-0.05, 0) is 41.1 Å². The van der Waals surface area contributed by atoms with E-state index in [0.29, 0.717) is 0 Å². The lowest BCUT2D eigenvalue weighted by Gasteiger charge is -2.12. The molecule has 0 amide bonds. The quantitative estimate of drug-likeness (QED) is 0.918. The summed E-state index contributed by atoms with van der Waals surface area (Å²) < 4.78 is 14.0. The maximum Gasteiger partial charge on any atom is 0.125 e. The number of hydrogen-bond acceptors (Lipinski definition) is 3. The van der Waals surface area contributed by atoms with Gasteiger partial charge in [0, 0.05) is 5.69 Å². The van der Waals surface area contributed by atoms with Crippen LogP contribution >= 0.6 is 27.3 Å². The largest absolute Gasteiger partial charge is 0.376 e. The van der Waals surface area contributed by atoms with Crippen LogP contribution in [0.2, 0.25) is 0 Å². The topological polar surface area (TPSA) is 24.9 Å². The Labute approximate surface area is 106 Å². The Hall–Kier alpha value is -0.940. The lowest BCUT2D eigenvalue weighted by Crippen LogP contribution is -2.05. The Morgan fingerprint density at radius 2 is 2.31 bits per heavy atom. The van der Waals surface area contributed by atoms with Crippen LogP contribution in [-0.2, 0) is 0 Å². The van der Waals surface area contributed by atoms with Crippen LogP contribution in [0.3, 0.4) is 0 Å². The van der Waals surface area contributed by atoms with Crippen molar-refractivity contribution in [3.05, 3.63) is 45.1 Å². The normalized spacial score (nSPS) is 12.4. The third-order valence-electron chi connectivity index (χ3n) is 2.07. The lowest BCUT2D eigenvalue weighted by atomic mass is 10.2. The molecule has 16 heavy (non-hydrogen) atoms. The summed E-state index contributed by atoms with van der Waals surface area (Å²) in [6.07, 6.45) is 1.77. The molecule has 1 heterocycles. The highest BCUT2D eigenvalue weighted by atomic mass is 79.9. The summed E-state index contributed by atoms with van der Waals surface area (Å²) >= 11 is 4.93. The molecule has 0 fully saturated rings. The zero-order valence-electron chi connectivity index (χ0n) is 8.58. The predicted molar refractivity (Wildman–Crippen MR) is 68.3 cm³/mol. The Morgan fingerprint density at radius 3 is 2.94 bits per heavy atom. The summed E-state index contributed by atoms with van der Waals surface area (Å²) in [6.45, 7) is 2.00. The number of thiazole rings is 1. The van der Waals surface area contributed by atoms with Gasteiger partial charge in [0.05, 0.1) is 16.0 Å². The van der Waals surface area contributed by atoms with Crippen molar-refractivity contribution in [3.8, 4) is 0 Å². The fourth-order valence-electron chi connectivity index (χ4n) is 1.36. The third-order valence-corrected chi connectivity index (χ3v) is 3.73. The first kappa shape index (κ1) is 11.5. The van der Waals surface area contributed by atoms with Crippen molar-refractivity contribution >= 4 is 33.0 Å². The monoisotopic (exact) mass is 300 g/mol. The maximum absolute atomic E-state index is 13.0. The Balaban J connectivity index is 2.10. The summed E-state index contributed by atoms with van der Waals surface area (Å²) in [4.78, 5) is 4.25. The molecule has 0 saturated heterocycles. The zero-order valence-corrected chi connectivity index (χ0v) is 11.0. The maximum atomic E-state index is 13.0. The van der Waals surface area contributed by atoms with E-state index in [2.05, 4.69) is 26.2 Å². The summed E-state index contributed by atoms with van der Waals surface area (Å²) in [7, 11) is 0. The van der Waals surface area contributed by atoms with E-state index < -0.39 is 0 Å². The van der Waals surface area contributed by atoms with Gasteiger partial charge in [0.1, 0.15) is 10.8 Å². The first-order valence-electron chi connectivity index (χ1n) is 4.78. The van der Waals surface area contributed by atoms with Crippen molar-refractivity contribution in [2.24, 2.45) is 0 Å². The van der Waals surface area contributed by atoms with Gasteiger partial charge < -0.3 is 5.32 Å². The first-order chi connectivity index (χ1) is 7.65. The molecule has 0 spiro atoms. The van der Waals surface area contributed by atoms with Gasteiger partial charge in [-0.2, -0.15) is 0 Å². The van der Waals surface area contributed by atoms with Gasteiger partial charge in [-0.25, -0.2) is 9.37 Å². The van der Waals surface area contributed by atoms with Crippen molar-refractivity contribution in [1.82, 2.24) is 4.98 Å². The minimum Gasteiger partial charge on any atom is -0.376 e. The minimum absolute atomic E-state index is 0.0677. The average Bonchev–Trinajstić information content (AvgIpc) is 2.65. The van der Waals surface area contributed by atoms with Gasteiger partial charge in [0.15, 0.2) is 0 Å².